The van der Waals surface area contributed by atoms with E-state index in [4.69, 9.17) is 0 Å². The summed E-state index contributed by atoms with van der Waals surface area (Å²) in [5, 5.41) is 6.74. The van der Waals surface area contributed by atoms with Gasteiger partial charge in [-0.2, -0.15) is 0 Å². The van der Waals surface area contributed by atoms with Crippen LogP contribution in [-0.4, -0.2) is 31.8 Å². The third kappa shape index (κ3) is 2.82. The van der Waals surface area contributed by atoms with Crippen molar-refractivity contribution >= 4 is 5.91 Å². The Hall–Kier alpha value is -2.70. The van der Waals surface area contributed by atoms with E-state index in [0.29, 0.717) is 18.1 Å². The van der Waals surface area contributed by atoms with Gasteiger partial charge in [-0.3, -0.25) is 14.3 Å². The van der Waals surface area contributed by atoms with Crippen LogP contribution in [0, 0.1) is 0 Å². The lowest BCUT2D eigenvalue weighted by atomic mass is 10.3. The Bertz CT molecular complexity index is 672. The Balaban J connectivity index is 2.27. The molecule has 0 aromatic carbocycles. The molecular weight excluding hydrogens is 258 g/mol. The number of pyridine rings is 1. The fourth-order valence-electron chi connectivity index (χ4n) is 1.69. The number of aromatic nitrogens is 4. The molecule has 0 radical (unpaired) electrons. The second-order valence-corrected chi connectivity index (χ2v) is 4.13. The maximum atomic E-state index is 12.0. The van der Waals surface area contributed by atoms with E-state index in [9.17, 15) is 9.59 Å². The average Bonchev–Trinajstić information content (AvgIpc) is 2.74. The van der Waals surface area contributed by atoms with Crippen molar-refractivity contribution in [2.24, 2.45) is 7.05 Å². The molecule has 0 saturated carbocycles. The lowest BCUT2D eigenvalue weighted by Gasteiger charge is -2.00. The molecule has 104 valence electrons. The van der Waals surface area contributed by atoms with Crippen LogP contribution in [0.2, 0.25) is 0 Å². The first kappa shape index (κ1) is 13.7. The van der Waals surface area contributed by atoms with Gasteiger partial charge < -0.3 is 5.32 Å². The number of carbonyl (C=O) groups is 1. The van der Waals surface area contributed by atoms with Gasteiger partial charge >= 0.3 is 5.69 Å². The van der Waals surface area contributed by atoms with E-state index in [1.54, 1.807) is 31.5 Å². The highest BCUT2D eigenvalue weighted by Gasteiger charge is 2.14. The van der Waals surface area contributed by atoms with Crippen molar-refractivity contribution in [3.63, 3.8) is 0 Å². The third-order valence-corrected chi connectivity index (χ3v) is 2.67. The molecule has 0 aliphatic rings. The standard InChI is InChI=1S/C13H15N5O2/c1-3-7-15-11(19)9-18-13(20)17(2)12(16-18)10-6-4-5-8-14-10/h3-6,8H,1,7,9H2,2H3,(H,15,19). The fourth-order valence-corrected chi connectivity index (χ4v) is 1.69. The summed E-state index contributed by atoms with van der Waals surface area (Å²) < 4.78 is 2.48. The van der Waals surface area contributed by atoms with E-state index in [2.05, 4.69) is 22.0 Å². The van der Waals surface area contributed by atoms with Crippen LogP contribution in [0.4, 0.5) is 0 Å². The monoisotopic (exact) mass is 273 g/mol. The van der Waals surface area contributed by atoms with Gasteiger partial charge in [-0.15, -0.1) is 11.7 Å². The maximum Gasteiger partial charge on any atom is 0.346 e. The van der Waals surface area contributed by atoms with Gasteiger partial charge in [0.1, 0.15) is 12.2 Å². The predicted molar refractivity (Wildman–Crippen MR) is 73.9 cm³/mol. The van der Waals surface area contributed by atoms with E-state index in [-0.39, 0.29) is 18.1 Å². The summed E-state index contributed by atoms with van der Waals surface area (Å²) in [6, 6.07) is 5.34. The molecule has 1 N–H and O–H groups in total. The van der Waals surface area contributed by atoms with Crippen LogP contribution in [0.15, 0.2) is 41.8 Å². The molecule has 2 aromatic rings. The van der Waals surface area contributed by atoms with E-state index < -0.39 is 0 Å². The minimum atomic E-state index is -0.362. The Morgan fingerprint density at radius 2 is 2.30 bits per heavy atom. The van der Waals surface area contributed by atoms with E-state index >= 15 is 0 Å². The zero-order valence-corrected chi connectivity index (χ0v) is 11.1. The quantitative estimate of drug-likeness (QED) is 0.774. The highest BCUT2D eigenvalue weighted by Crippen LogP contribution is 2.10. The van der Waals surface area contributed by atoms with Crippen molar-refractivity contribution in [1.29, 1.82) is 0 Å². The van der Waals surface area contributed by atoms with Crippen LogP contribution in [0.3, 0.4) is 0 Å². The molecule has 0 atom stereocenters. The molecule has 0 bridgehead atoms. The summed E-state index contributed by atoms with van der Waals surface area (Å²) >= 11 is 0. The summed E-state index contributed by atoms with van der Waals surface area (Å²) in [6.45, 7) is 3.73. The first-order chi connectivity index (χ1) is 9.63. The topological polar surface area (TPSA) is 81.8 Å². The molecule has 7 heteroatoms. The average molecular weight is 273 g/mol. The zero-order valence-electron chi connectivity index (χ0n) is 11.1. The van der Waals surface area contributed by atoms with Gasteiger partial charge in [0, 0.05) is 19.8 Å². The smallest absolute Gasteiger partial charge is 0.346 e. The molecule has 0 saturated heterocycles. The first-order valence-corrected chi connectivity index (χ1v) is 6.06. The summed E-state index contributed by atoms with van der Waals surface area (Å²) in [5.74, 6) is 0.129. The van der Waals surface area contributed by atoms with Crippen molar-refractivity contribution < 1.29 is 4.79 Å². The van der Waals surface area contributed by atoms with Crippen LogP contribution < -0.4 is 11.0 Å². The van der Waals surface area contributed by atoms with Crippen LogP contribution in [0.1, 0.15) is 0 Å². The predicted octanol–water partition coefficient (Wildman–Crippen LogP) is -0.0540. The van der Waals surface area contributed by atoms with Crippen molar-refractivity contribution in [2.45, 2.75) is 6.54 Å². The largest absolute Gasteiger partial charge is 0.351 e. The number of hydrogen-bond donors (Lipinski definition) is 1. The Labute approximate surface area is 115 Å². The van der Waals surface area contributed by atoms with Gasteiger partial charge in [0.05, 0.1) is 0 Å². The van der Waals surface area contributed by atoms with Gasteiger partial charge in [-0.25, -0.2) is 9.48 Å². The van der Waals surface area contributed by atoms with Crippen molar-refractivity contribution in [3.05, 3.63) is 47.5 Å². The van der Waals surface area contributed by atoms with Crippen molar-refractivity contribution in [3.8, 4) is 11.5 Å². The summed E-state index contributed by atoms with van der Waals surface area (Å²) in [4.78, 5) is 27.7. The normalized spacial score (nSPS) is 10.2. The molecule has 1 amide bonds. The van der Waals surface area contributed by atoms with Crippen molar-refractivity contribution in [2.75, 3.05) is 6.54 Å². The van der Waals surface area contributed by atoms with Crippen molar-refractivity contribution in [1.82, 2.24) is 24.6 Å². The molecular formula is C13H15N5O2. The van der Waals surface area contributed by atoms with Crippen LogP contribution in [0.5, 0.6) is 0 Å². The molecule has 0 fully saturated rings. The minimum absolute atomic E-state index is 0.132. The number of nitrogens with zero attached hydrogens (tertiary/aromatic N) is 4. The Kier molecular flexibility index (Phi) is 4.09. The number of nitrogens with one attached hydrogen (secondary N) is 1. The Morgan fingerprint density at radius 1 is 1.50 bits per heavy atom. The number of hydrogen-bond acceptors (Lipinski definition) is 4. The highest BCUT2D eigenvalue weighted by molar-refractivity contribution is 5.75. The molecule has 0 aliphatic carbocycles. The minimum Gasteiger partial charge on any atom is -0.351 e. The summed E-state index contributed by atoms with van der Waals surface area (Å²) in [5.41, 5.74) is 0.219. The van der Waals surface area contributed by atoms with Gasteiger partial charge in [0.25, 0.3) is 0 Å². The van der Waals surface area contributed by atoms with E-state index in [1.807, 2.05) is 6.07 Å². The molecule has 2 aromatic heterocycles. The van der Waals surface area contributed by atoms with E-state index in [1.165, 1.54) is 4.57 Å². The molecule has 2 rings (SSSR count). The molecule has 0 spiro atoms. The second-order valence-electron chi connectivity index (χ2n) is 4.13. The SMILES string of the molecule is C=CCNC(=O)Cn1nc(-c2ccccn2)n(C)c1=O. The molecule has 20 heavy (non-hydrogen) atoms. The van der Waals surface area contributed by atoms with Gasteiger partial charge in [-0.05, 0) is 12.1 Å². The summed E-state index contributed by atoms with van der Waals surface area (Å²) in [7, 11) is 1.59. The molecule has 0 aliphatic heterocycles. The highest BCUT2D eigenvalue weighted by atomic mass is 16.2. The summed E-state index contributed by atoms with van der Waals surface area (Å²) in [6.07, 6.45) is 3.19. The maximum absolute atomic E-state index is 12.0. The van der Waals surface area contributed by atoms with Crippen LogP contribution >= 0.6 is 0 Å². The first-order valence-electron chi connectivity index (χ1n) is 6.06. The number of amides is 1. The van der Waals surface area contributed by atoms with Gasteiger partial charge in [0.15, 0.2) is 5.82 Å². The number of carbonyl (C=O) groups excluding carboxylic acids is 1. The van der Waals surface area contributed by atoms with Crippen LogP contribution in [0.25, 0.3) is 11.5 Å². The molecule has 2 heterocycles. The lowest BCUT2D eigenvalue weighted by molar-refractivity contribution is -0.121. The lowest BCUT2D eigenvalue weighted by Crippen LogP contribution is -2.33. The number of rotatable bonds is 5. The van der Waals surface area contributed by atoms with Gasteiger partial charge in [-0.1, -0.05) is 12.1 Å². The third-order valence-electron chi connectivity index (χ3n) is 2.67. The van der Waals surface area contributed by atoms with Crippen LogP contribution in [-0.2, 0) is 18.4 Å². The Morgan fingerprint density at radius 3 is 2.95 bits per heavy atom. The second kappa shape index (κ2) is 5.96. The molecule has 0 unspecified atom stereocenters. The van der Waals surface area contributed by atoms with Gasteiger partial charge in [0.2, 0.25) is 5.91 Å². The molecule has 7 nitrogen and oxygen atoms in total. The zero-order chi connectivity index (χ0) is 14.5. The van der Waals surface area contributed by atoms with E-state index in [0.717, 1.165) is 4.68 Å². The fraction of sp³-hybridized carbons (Fsp3) is 0.231.